The van der Waals surface area contributed by atoms with Crippen molar-refractivity contribution in [2.75, 3.05) is 5.32 Å². The van der Waals surface area contributed by atoms with E-state index in [1.807, 2.05) is 30.5 Å². The van der Waals surface area contributed by atoms with Crippen molar-refractivity contribution in [3.05, 3.63) is 66.2 Å². The maximum Gasteiger partial charge on any atom is 0.224 e. The molecule has 10 heteroatoms. The fraction of sp³-hybridized carbons (Fsp3) is 0.148. The van der Waals surface area contributed by atoms with Gasteiger partial charge in [0.1, 0.15) is 22.7 Å². The van der Waals surface area contributed by atoms with E-state index in [1.165, 1.54) is 6.07 Å². The molecule has 8 nitrogen and oxygen atoms in total. The predicted molar refractivity (Wildman–Crippen MR) is 144 cm³/mol. The van der Waals surface area contributed by atoms with Gasteiger partial charge in [-0.25, -0.2) is 9.37 Å². The summed E-state index contributed by atoms with van der Waals surface area (Å²) in [6.45, 7) is 2.03. The Morgan fingerprint density at radius 2 is 2.05 bits per heavy atom. The van der Waals surface area contributed by atoms with Gasteiger partial charge in [-0.1, -0.05) is 19.4 Å². The van der Waals surface area contributed by atoms with E-state index in [2.05, 4.69) is 30.5 Å². The highest BCUT2D eigenvalue weighted by Gasteiger charge is 2.18. The van der Waals surface area contributed by atoms with Gasteiger partial charge in [0.2, 0.25) is 5.91 Å². The van der Waals surface area contributed by atoms with Crippen LogP contribution in [0.25, 0.3) is 55.2 Å². The second-order valence-corrected chi connectivity index (χ2v) is 9.63. The number of unbranched alkanes of at least 4 members (excludes halogenated alkanes) is 1. The number of H-pyrrole nitrogens is 2. The number of anilines is 1. The third-order valence-corrected chi connectivity index (χ3v) is 7.00. The largest absolute Gasteiger partial charge is 0.336 e. The number of pyridine rings is 2. The SMILES string of the molecule is CCCCC(=O)Nc1cncc(-c2cc3c(-c4nc5c(-c6cccs6)nccc5[nH]4)n[nH]c3cc2F)c1. The van der Waals surface area contributed by atoms with Crippen LogP contribution >= 0.6 is 11.3 Å². The zero-order valence-electron chi connectivity index (χ0n) is 19.9. The number of amides is 1. The van der Waals surface area contributed by atoms with Crippen LogP contribution in [0.3, 0.4) is 0 Å². The molecule has 0 radical (unpaired) electrons. The number of aromatic amines is 2. The van der Waals surface area contributed by atoms with Gasteiger partial charge in [-0.2, -0.15) is 5.10 Å². The molecule has 6 aromatic rings. The number of halogens is 1. The average Bonchev–Trinajstić information content (AvgIpc) is 3.66. The van der Waals surface area contributed by atoms with Crippen molar-refractivity contribution in [1.82, 2.24) is 30.1 Å². The van der Waals surface area contributed by atoms with E-state index in [4.69, 9.17) is 4.98 Å². The number of nitrogens with zero attached hydrogens (tertiary/aromatic N) is 4. The minimum Gasteiger partial charge on any atom is -0.336 e. The number of fused-ring (bicyclic) bond motifs is 2. The molecule has 0 spiro atoms. The minimum absolute atomic E-state index is 0.0878. The van der Waals surface area contributed by atoms with Crippen molar-refractivity contribution < 1.29 is 9.18 Å². The molecule has 0 saturated heterocycles. The van der Waals surface area contributed by atoms with E-state index < -0.39 is 5.82 Å². The van der Waals surface area contributed by atoms with Gasteiger partial charge in [0.15, 0.2) is 5.82 Å². The summed E-state index contributed by atoms with van der Waals surface area (Å²) in [6.07, 6.45) is 7.05. The summed E-state index contributed by atoms with van der Waals surface area (Å²) in [5.74, 6) is 0.0440. The van der Waals surface area contributed by atoms with Gasteiger partial charge in [-0.15, -0.1) is 11.3 Å². The highest BCUT2D eigenvalue weighted by Crippen LogP contribution is 2.34. The molecule has 0 aliphatic carbocycles. The van der Waals surface area contributed by atoms with E-state index in [9.17, 15) is 4.79 Å². The van der Waals surface area contributed by atoms with E-state index in [0.717, 1.165) is 34.4 Å². The van der Waals surface area contributed by atoms with E-state index >= 15 is 4.39 Å². The number of imidazole rings is 1. The van der Waals surface area contributed by atoms with Crippen LogP contribution in [-0.4, -0.2) is 36.0 Å². The average molecular weight is 512 g/mol. The smallest absolute Gasteiger partial charge is 0.224 e. The minimum atomic E-state index is -0.423. The van der Waals surface area contributed by atoms with Crippen molar-refractivity contribution in [2.24, 2.45) is 0 Å². The molecule has 0 fully saturated rings. The number of benzene rings is 1. The van der Waals surface area contributed by atoms with Crippen LogP contribution in [0.5, 0.6) is 0 Å². The van der Waals surface area contributed by atoms with Crippen molar-refractivity contribution in [2.45, 2.75) is 26.2 Å². The molecule has 0 saturated carbocycles. The molecule has 5 heterocycles. The number of hydrogen-bond acceptors (Lipinski definition) is 6. The lowest BCUT2D eigenvalue weighted by atomic mass is 10.0. The monoisotopic (exact) mass is 511 g/mol. The molecule has 184 valence electrons. The predicted octanol–water partition coefficient (Wildman–Crippen LogP) is 6.56. The number of thiophene rings is 1. The van der Waals surface area contributed by atoms with Gasteiger partial charge in [0.25, 0.3) is 0 Å². The Bertz CT molecular complexity index is 1740. The number of carbonyl (C=O) groups is 1. The summed E-state index contributed by atoms with van der Waals surface area (Å²) in [7, 11) is 0. The van der Waals surface area contributed by atoms with Crippen LogP contribution in [0.2, 0.25) is 0 Å². The topological polar surface area (TPSA) is 112 Å². The van der Waals surface area contributed by atoms with Gasteiger partial charge in [0.05, 0.1) is 27.8 Å². The number of aromatic nitrogens is 6. The van der Waals surface area contributed by atoms with E-state index in [-0.39, 0.29) is 5.91 Å². The Balaban J connectivity index is 1.40. The van der Waals surface area contributed by atoms with Crippen LogP contribution in [-0.2, 0) is 4.79 Å². The van der Waals surface area contributed by atoms with Gasteiger partial charge in [-0.3, -0.25) is 19.9 Å². The molecule has 3 N–H and O–H groups in total. The molecule has 0 aliphatic rings. The second kappa shape index (κ2) is 9.55. The van der Waals surface area contributed by atoms with Crippen LogP contribution in [0.4, 0.5) is 10.1 Å². The summed E-state index contributed by atoms with van der Waals surface area (Å²) in [5.41, 5.74) is 4.92. The fourth-order valence-corrected chi connectivity index (χ4v) is 5.02. The molecule has 5 aromatic heterocycles. The molecule has 37 heavy (non-hydrogen) atoms. The number of rotatable bonds is 7. The Morgan fingerprint density at radius 3 is 2.89 bits per heavy atom. The van der Waals surface area contributed by atoms with Crippen LogP contribution in [0.15, 0.2) is 60.4 Å². The maximum absolute atomic E-state index is 15.2. The first-order chi connectivity index (χ1) is 18.1. The molecular formula is C27H22FN7OS. The highest BCUT2D eigenvalue weighted by atomic mass is 32.1. The van der Waals surface area contributed by atoms with Gasteiger partial charge >= 0.3 is 0 Å². The lowest BCUT2D eigenvalue weighted by Crippen LogP contribution is -2.11. The molecule has 0 unspecified atom stereocenters. The third kappa shape index (κ3) is 4.36. The second-order valence-electron chi connectivity index (χ2n) is 8.68. The van der Waals surface area contributed by atoms with Crippen molar-refractivity contribution >= 4 is 44.9 Å². The van der Waals surface area contributed by atoms with Gasteiger partial charge in [-0.05, 0) is 36.1 Å². The summed E-state index contributed by atoms with van der Waals surface area (Å²) >= 11 is 1.60. The first-order valence-electron chi connectivity index (χ1n) is 11.9. The zero-order valence-corrected chi connectivity index (χ0v) is 20.7. The standard InChI is InChI=1S/C27H22FN7OS/c1-2-3-6-23(36)31-16-10-15(13-29-14-16)17-11-18-21(12-19(17)28)34-35-24(18)27-32-20-7-8-30-26(25(20)33-27)22-5-4-9-37-22/h4-5,7-14H,2-3,6H2,1H3,(H,31,36)(H,32,33)(H,34,35). The Kier molecular flexibility index (Phi) is 5.93. The quantitative estimate of drug-likeness (QED) is 0.225. The Hall–Kier alpha value is -4.44. The molecule has 0 atom stereocenters. The first-order valence-corrected chi connectivity index (χ1v) is 12.8. The van der Waals surface area contributed by atoms with E-state index in [1.54, 1.807) is 42.1 Å². The molecule has 6 rings (SSSR count). The summed E-state index contributed by atoms with van der Waals surface area (Å²) in [6, 6.07) is 10.7. The van der Waals surface area contributed by atoms with Crippen LogP contribution < -0.4 is 5.32 Å². The Labute approximate surface area is 215 Å². The third-order valence-electron chi connectivity index (χ3n) is 6.12. The first kappa shape index (κ1) is 23.0. The number of carbonyl (C=O) groups excluding carboxylic acids is 1. The lowest BCUT2D eigenvalue weighted by Gasteiger charge is -2.08. The van der Waals surface area contributed by atoms with Crippen LogP contribution in [0, 0.1) is 5.82 Å². The zero-order chi connectivity index (χ0) is 25.4. The highest BCUT2D eigenvalue weighted by molar-refractivity contribution is 7.13. The maximum atomic E-state index is 15.2. The van der Waals surface area contributed by atoms with Gasteiger partial charge < -0.3 is 10.3 Å². The number of nitrogens with one attached hydrogen (secondary N) is 3. The van der Waals surface area contributed by atoms with E-state index in [0.29, 0.717) is 45.7 Å². The van der Waals surface area contributed by atoms with Crippen LogP contribution in [0.1, 0.15) is 26.2 Å². The molecular weight excluding hydrogens is 489 g/mol. The Morgan fingerprint density at radius 1 is 1.14 bits per heavy atom. The molecule has 0 bridgehead atoms. The summed E-state index contributed by atoms with van der Waals surface area (Å²) in [5, 5.41) is 12.9. The van der Waals surface area contributed by atoms with Crippen molar-refractivity contribution in [1.29, 1.82) is 0 Å². The molecule has 1 amide bonds. The van der Waals surface area contributed by atoms with Crippen molar-refractivity contribution in [3.8, 4) is 33.2 Å². The lowest BCUT2D eigenvalue weighted by molar-refractivity contribution is -0.116. The normalized spacial score (nSPS) is 11.4. The van der Waals surface area contributed by atoms with Crippen molar-refractivity contribution in [3.63, 3.8) is 0 Å². The molecule has 0 aliphatic heterocycles. The number of hydrogen-bond donors (Lipinski definition) is 3. The van der Waals surface area contributed by atoms with Gasteiger partial charge in [0, 0.05) is 41.4 Å². The molecule has 1 aromatic carbocycles. The summed E-state index contributed by atoms with van der Waals surface area (Å²) < 4.78 is 15.2. The fourth-order valence-electron chi connectivity index (χ4n) is 4.30. The summed E-state index contributed by atoms with van der Waals surface area (Å²) in [4.78, 5) is 30.1.